The van der Waals surface area contributed by atoms with Crippen molar-refractivity contribution in [1.82, 2.24) is 19.9 Å². The Balaban J connectivity index is 1.29. The molecule has 0 unspecified atom stereocenters. The summed E-state index contributed by atoms with van der Waals surface area (Å²) in [5, 5.41) is 5.99. The number of benzene rings is 1. The van der Waals surface area contributed by atoms with Gasteiger partial charge >= 0.3 is 0 Å². The number of carbonyl (C=O) groups excluding carboxylic acids is 1. The Bertz CT molecular complexity index is 861. The second kappa shape index (κ2) is 7.83. The highest BCUT2D eigenvalue weighted by Crippen LogP contribution is 2.16. The van der Waals surface area contributed by atoms with Crippen molar-refractivity contribution in [1.29, 1.82) is 0 Å². The van der Waals surface area contributed by atoms with Crippen LogP contribution < -0.4 is 5.32 Å². The summed E-state index contributed by atoms with van der Waals surface area (Å²) in [6.45, 7) is 1.53. The summed E-state index contributed by atoms with van der Waals surface area (Å²) >= 11 is 1.61. The first-order chi connectivity index (χ1) is 12.8. The van der Waals surface area contributed by atoms with Crippen LogP contribution in [0.5, 0.6) is 0 Å². The lowest BCUT2D eigenvalue weighted by Gasteiger charge is -2.11. The third-order valence-electron chi connectivity index (χ3n) is 4.56. The van der Waals surface area contributed by atoms with E-state index in [1.807, 2.05) is 23.6 Å². The van der Waals surface area contributed by atoms with E-state index in [1.165, 1.54) is 18.4 Å². The largest absolute Gasteiger partial charge is 0.350 e. The summed E-state index contributed by atoms with van der Waals surface area (Å²) in [6, 6.07) is 10.3. The van der Waals surface area contributed by atoms with Crippen molar-refractivity contribution in [3.05, 3.63) is 69.7 Å². The van der Waals surface area contributed by atoms with Crippen LogP contribution in [0.25, 0.3) is 0 Å². The normalized spacial score (nSPS) is 13.4. The number of fused-ring (bicyclic) bond motifs is 1. The molecule has 0 atom stereocenters. The molecular weight excluding hydrogens is 344 g/mol. The molecule has 3 heterocycles. The first-order valence-electron chi connectivity index (χ1n) is 9.05. The smallest absolute Gasteiger partial charge is 0.226 e. The fourth-order valence-corrected chi connectivity index (χ4v) is 4.08. The number of nitrogens with one attached hydrogen (secondary N) is 1. The molecule has 6 heteroatoms. The molecule has 0 radical (unpaired) electrons. The molecule has 0 fully saturated rings. The van der Waals surface area contributed by atoms with Gasteiger partial charge in [-0.15, -0.1) is 11.3 Å². The van der Waals surface area contributed by atoms with E-state index in [0.29, 0.717) is 13.0 Å². The molecule has 1 aliphatic heterocycles. The minimum absolute atomic E-state index is 0.00691. The maximum atomic E-state index is 12.2. The lowest BCUT2D eigenvalue weighted by molar-refractivity contribution is -0.120. The molecular formula is C20H22N4OS. The van der Waals surface area contributed by atoms with E-state index < -0.39 is 0 Å². The van der Waals surface area contributed by atoms with Crippen LogP contribution in [0.1, 0.15) is 40.6 Å². The molecule has 1 N–H and O–H groups in total. The molecule has 0 bridgehead atoms. The van der Waals surface area contributed by atoms with E-state index in [4.69, 9.17) is 0 Å². The van der Waals surface area contributed by atoms with Crippen LogP contribution in [-0.2, 0) is 37.1 Å². The molecule has 4 rings (SSSR count). The number of hydrogen-bond acceptors (Lipinski definition) is 4. The minimum Gasteiger partial charge on any atom is -0.350 e. The van der Waals surface area contributed by atoms with Gasteiger partial charge in [0.1, 0.15) is 5.82 Å². The number of hydrogen-bond donors (Lipinski definition) is 1. The third kappa shape index (κ3) is 4.19. The van der Waals surface area contributed by atoms with Gasteiger partial charge in [-0.25, -0.2) is 9.97 Å². The maximum absolute atomic E-state index is 12.2. The van der Waals surface area contributed by atoms with Crippen LogP contribution in [0.4, 0.5) is 0 Å². The SMILES string of the molecule is O=C(Cc1csc(Cc2ccccc2)n1)NCc1cn2c(n1)CCCC2. The van der Waals surface area contributed by atoms with Crippen LogP contribution in [0, 0.1) is 0 Å². The van der Waals surface area contributed by atoms with Gasteiger partial charge in [-0.05, 0) is 18.4 Å². The van der Waals surface area contributed by atoms with E-state index >= 15 is 0 Å². The number of aryl methyl sites for hydroxylation is 2. The molecule has 0 aliphatic carbocycles. The van der Waals surface area contributed by atoms with Gasteiger partial charge in [-0.3, -0.25) is 4.79 Å². The van der Waals surface area contributed by atoms with Crippen molar-refractivity contribution >= 4 is 17.2 Å². The third-order valence-corrected chi connectivity index (χ3v) is 5.46. The summed E-state index contributed by atoms with van der Waals surface area (Å²) in [5.41, 5.74) is 3.02. The van der Waals surface area contributed by atoms with Crippen molar-refractivity contribution in [2.75, 3.05) is 0 Å². The Hall–Kier alpha value is -2.47. The van der Waals surface area contributed by atoms with E-state index in [1.54, 1.807) is 11.3 Å². The highest BCUT2D eigenvalue weighted by atomic mass is 32.1. The standard InChI is InChI=1S/C20H22N4OS/c25-19(21-12-17-13-24-9-5-4-8-18(24)22-17)11-16-14-26-20(23-16)10-15-6-2-1-3-7-15/h1-3,6-7,13-14H,4-5,8-12H2,(H,21,25). The van der Waals surface area contributed by atoms with Crippen molar-refractivity contribution in [3.63, 3.8) is 0 Å². The topological polar surface area (TPSA) is 59.8 Å². The molecule has 0 saturated heterocycles. The number of amides is 1. The van der Waals surface area contributed by atoms with E-state index in [0.717, 1.165) is 41.6 Å². The fraction of sp³-hybridized carbons (Fsp3) is 0.350. The molecule has 1 aliphatic rings. The molecule has 1 aromatic carbocycles. The van der Waals surface area contributed by atoms with Gasteiger partial charge < -0.3 is 9.88 Å². The second-order valence-corrected chi connectivity index (χ2v) is 7.59. The first-order valence-corrected chi connectivity index (χ1v) is 9.93. The van der Waals surface area contributed by atoms with Crippen molar-refractivity contribution in [2.24, 2.45) is 0 Å². The second-order valence-electron chi connectivity index (χ2n) is 6.65. The van der Waals surface area contributed by atoms with Crippen LogP contribution in [0.2, 0.25) is 0 Å². The summed E-state index contributed by atoms with van der Waals surface area (Å²) < 4.78 is 2.21. The number of thiazole rings is 1. The lowest BCUT2D eigenvalue weighted by atomic mass is 10.2. The van der Waals surface area contributed by atoms with Crippen LogP contribution in [0.15, 0.2) is 41.9 Å². The predicted molar refractivity (Wildman–Crippen MR) is 102 cm³/mol. The monoisotopic (exact) mass is 366 g/mol. The average Bonchev–Trinajstić information content (AvgIpc) is 3.27. The minimum atomic E-state index is -0.00691. The molecule has 2 aromatic heterocycles. The highest BCUT2D eigenvalue weighted by molar-refractivity contribution is 7.09. The van der Waals surface area contributed by atoms with E-state index in [9.17, 15) is 4.79 Å². The molecule has 1 amide bonds. The number of aromatic nitrogens is 3. The Labute approximate surface area is 157 Å². The van der Waals surface area contributed by atoms with Crippen molar-refractivity contribution < 1.29 is 4.79 Å². The summed E-state index contributed by atoms with van der Waals surface area (Å²) in [7, 11) is 0. The maximum Gasteiger partial charge on any atom is 0.226 e. The van der Waals surface area contributed by atoms with Gasteiger partial charge in [0, 0.05) is 31.0 Å². The molecule has 5 nitrogen and oxygen atoms in total. The van der Waals surface area contributed by atoms with Gasteiger partial charge in [0.25, 0.3) is 0 Å². The Kier molecular flexibility index (Phi) is 5.11. The Morgan fingerprint density at radius 2 is 2.04 bits per heavy atom. The average molecular weight is 366 g/mol. The quantitative estimate of drug-likeness (QED) is 0.729. The molecule has 0 spiro atoms. The van der Waals surface area contributed by atoms with Crippen LogP contribution in [0.3, 0.4) is 0 Å². The highest BCUT2D eigenvalue weighted by Gasteiger charge is 2.13. The fourth-order valence-electron chi connectivity index (χ4n) is 3.25. The van der Waals surface area contributed by atoms with Gasteiger partial charge in [-0.2, -0.15) is 0 Å². The Morgan fingerprint density at radius 1 is 1.15 bits per heavy atom. The predicted octanol–water partition coefficient (Wildman–Crippen LogP) is 3.13. The van der Waals surface area contributed by atoms with Gasteiger partial charge in [0.2, 0.25) is 5.91 Å². The molecule has 3 aromatic rings. The summed E-state index contributed by atoms with van der Waals surface area (Å²) in [5.74, 6) is 1.14. The molecule has 26 heavy (non-hydrogen) atoms. The zero-order chi connectivity index (χ0) is 17.8. The summed E-state index contributed by atoms with van der Waals surface area (Å²) in [6.07, 6.45) is 6.65. The zero-order valence-corrected chi connectivity index (χ0v) is 15.5. The molecule has 134 valence electrons. The van der Waals surface area contributed by atoms with Crippen molar-refractivity contribution in [2.45, 2.75) is 45.2 Å². The van der Waals surface area contributed by atoms with Gasteiger partial charge in [0.05, 0.1) is 29.4 Å². The summed E-state index contributed by atoms with van der Waals surface area (Å²) in [4.78, 5) is 21.4. The first kappa shape index (κ1) is 17.0. The number of carbonyl (C=O) groups is 1. The van der Waals surface area contributed by atoms with Gasteiger partial charge in [0.15, 0.2) is 0 Å². The van der Waals surface area contributed by atoms with Gasteiger partial charge in [-0.1, -0.05) is 30.3 Å². The lowest BCUT2D eigenvalue weighted by Crippen LogP contribution is -2.24. The Morgan fingerprint density at radius 3 is 2.88 bits per heavy atom. The number of nitrogens with zero attached hydrogens (tertiary/aromatic N) is 3. The number of imidazole rings is 1. The zero-order valence-electron chi connectivity index (χ0n) is 14.6. The number of rotatable bonds is 6. The van der Waals surface area contributed by atoms with Crippen LogP contribution >= 0.6 is 11.3 Å². The molecule has 0 saturated carbocycles. The van der Waals surface area contributed by atoms with Crippen molar-refractivity contribution in [3.8, 4) is 0 Å². The van der Waals surface area contributed by atoms with Crippen LogP contribution in [-0.4, -0.2) is 20.4 Å². The van der Waals surface area contributed by atoms with E-state index in [2.05, 4.69) is 38.2 Å². The van der Waals surface area contributed by atoms with E-state index in [-0.39, 0.29) is 5.91 Å².